The number of thioether (sulfide) groups is 1. The summed E-state index contributed by atoms with van der Waals surface area (Å²) >= 11 is 1.55. The second-order valence-electron chi connectivity index (χ2n) is 4.94. The molecular formula is C14H21NO3S2. The minimum Gasteiger partial charge on any atom is -0.370 e. The Bertz CT molecular complexity index is 571. The van der Waals surface area contributed by atoms with Crippen LogP contribution in [0.2, 0.25) is 0 Å². The van der Waals surface area contributed by atoms with Crippen molar-refractivity contribution in [3.8, 4) is 0 Å². The van der Waals surface area contributed by atoms with Gasteiger partial charge in [-0.05, 0) is 31.9 Å². The number of aryl methyl sites for hydroxylation is 3. The number of amides is 1. The highest BCUT2D eigenvalue weighted by Gasteiger charge is 2.13. The largest absolute Gasteiger partial charge is 0.370 e. The number of hydrogen-bond acceptors (Lipinski definition) is 4. The molecule has 0 radical (unpaired) electrons. The van der Waals surface area contributed by atoms with Crippen LogP contribution in [0.3, 0.4) is 0 Å². The van der Waals surface area contributed by atoms with Crippen LogP contribution in [0.4, 0.5) is 0 Å². The third kappa shape index (κ3) is 5.54. The number of nitrogens with two attached hydrogens (primary N) is 1. The van der Waals surface area contributed by atoms with Crippen molar-refractivity contribution in [3.05, 3.63) is 28.8 Å². The van der Waals surface area contributed by atoms with E-state index in [9.17, 15) is 13.2 Å². The molecule has 0 bridgehead atoms. The Kier molecular flexibility index (Phi) is 6.07. The van der Waals surface area contributed by atoms with Crippen molar-refractivity contribution in [2.75, 3.05) is 17.3 Å². The molecule has 4 nitrogen and oxygen atoms in total. The molecule has 1 rings (SSSR count). The SMILES string of the molecule is Cc1cc(C)c(SCCS(=O)(=O)CCC(N)=O)c(C)c1. The smallest absolute Gasteiger partial charge is 0.218 e. The van der Waals surface area contributed by atoms with Crippen molar-refractivity contribution in [3.63, 3.8) is 0 Å². The van der Waals surface area contributed by atoms with Crippen molar-refractivity contribution in [2.24, 2.45) is 5.73 Å². The van der Waals surface area contributed by atoms with Gasteiger partial charge in [-0.1, -0.05) is 17.7 Å². The molecule has 0 unspecified atom stereocenters. The van der Waals surface area contributed by atoms with Gasteiger partial charge < -0.3 is 5.73 Å². The van der Waals surface area contributed by atoms with Crippen molar-refractivity contribution in [1.82, 2.24) is 0 Å². The first kappa shape index (κ1) is 17.0. The Morgan fingerprint density at radius 2 is 1.70 bits per heavy atom. The molecule has 0 saturated carbocycles. The summed E-state index contributed by atoms with van der Waals surface area (Å²) in [4.78, 5) is 11.8. The number of hydrogen-bond donors (Lipinski definition) is 1. The predicted molar refractivity (Wildman–Crippen MR) is 83.8 cm³/mol. The van der Waals surface area contributed by atoms with Crippen LogP contribution >= 0.6 is 11.8 Å². The van der Waals surface area contributed by atoms with E-state index in [0.717, 1.165) is 4.90 Å². The zero-order valence-corrected chi connectivity index (χ0v) is 13.7. The van der Waals surface area contributed by atoms with Gasteiger partial charge in [0.1, 0.15) is 0 Å². The van der Waals surface area contributed by atoms with E-state index in [4.69, 9.17) is 5.73 Å². The summed E-state index contributed by atoms with van der Waals surface area (Å²) in [5.74, 6) is -0.176. The van der Waals surface area contributed by atoms with Crippen LogP contribution in [0, 0.1) is 20.8 Å². The average molecular weight is 315 g/mol. The van der Waals surface area contributed by atoms with Gasteiger partial charge in [0, 0.05) is 17.1 Å². The summed E-state index contributed by atoms with van der Waals surface area (Å²) in [5.41, 5.74) is 8.51. The van der Waals surface area contributed by atoms with E-state index in [2.05, 4.69) is 12.1 Å². The van der Waals surface area contributed by atoms with Crippen LogP contribution in [0.15, 0.2) is 17.0 Å². The maximum absolute atomic E-state index is 11.7. The van der Waals surface area contributed by atoms with E-state index in [0.29, 0.717) is 5.75 Å². The summed E-state index contributed by atoms with van der Waals surface area (Å²) < 4.78 is 23.5. The maximum atomic E-state index is 11.7. The third-order valence-electron chi connectivity index (χ3n) is 2.90. The van der Waals surface area contributed by atoms with E-state index in [-0.39, 0.29) is 17.9 Å². The van der Waals surface area contributed by atoms with Crippen LogP contribution in [-0.4, -0.2) is 31.6 Å². The molecule has 2 N–H and O–H groups in total. The summed E-state index contributed by atoms with van der Waals surface area (Å²) in [6, 6.07) is 4.19. The molecule has 6 heteroatoms. The Hall–Kier alpha value is -1.01. The van der Waals surface area contributed by atoms with E-state index in [1.54, 1.807) is 11.8 Å². The van der Waals surface area contributed by atoms with Crippen molar-refractivity contribution in [2.45, 2.75) is 32.1 Å². The molecule has 1 aromatic rings. The van der Waals surface area contributed by atoms with E-state index >= 15 is 0 Å². The van der Waals surface area contributed by atoms with E-state index in [1.807, 2.05) is 20.8 Å². The number of carbonyl (C=O) groups excluding carboxylic acids is 1. The molecule has 0 aliphatic rings. The molecule has 0 heterocycles. The summed E-state index contributed by atoms with van der Waals surface area (Å²) in [6.07, 6.45) is -0.102. The maximum Gasteiger partial charge on any atom is 0.218 e. The van der Waals surface area contributed by atoms with Gasteiger partial charge in [0.2, 0.25) is 5.91 Å². The molecule has 112 valence electrons. The first-order valence-corrected chi connectivity index (χ1v) is 9.21. The number of sulfone groups is 1. The van der Waals surface area contributed by atoms with Crippen LogP contribution in [-0.2, 0) is 14.6 Å². The fourth-order valence-electron chi connectivity index (χ4n) is 2.02. The van der Waals surface area contributed by atoms with Gasteiger partial charge >= 0.3 is 0 Å². The first-order valence-electron chi connectivity index (χ1n) is 6.40. The zero-order chi connectivity index (χ0) is 15.3. The Morgan fingerprint density at radius 1 is 1.15 bits per heavy atom. The minimum atomic E-state index is -3.20. The highest BCUT2D eigenvalue weighted by molar-refractivity contribution is 8.00. The first-order chi connectivity index (χ1) is 9.21. The van der Waals surface area contributed by atoms with Crippen molar-refractivity contribution < 1.29 is 13.2 Å². The normalized spacial score (nSPS) is 11.6. The van der Waals surface area contributed by atoms with E-state index in [1.165, 1.54) is 16.7 Å². The molecule has 1 aromatic carbocycles. The minimum absolute atomic E-state index is 0.0672. The summed E-state index contributed by atoms with van der Waals surface area (Å²) in [6.45, 7) is 6.11. The third-order valence-corrected chi connectivity index (χ3v) is 6.16. The van der Waals surface area contributed by atoms with Crippen molar-refractivity contribution >= 4 is 27.5 Å². The topological polar surface area (TPSA) is 77.2 Å². The second kappa shape index (κ2) is 7.13. The van der Waals surface area contributed by atoms with Gasteiger partial charge in [0.15, 0.2) is 9.84 Å². The molecule has 0 fully saturated rings. The molecule has 0 aromatic heterocycles. The van der Waals surface area contributed by atoms with Crippen LogP contribution in [0.1, 0.15) is 23.1 Å². The lowest BCUT2D eigenvalue weighted by atomic mass is 10.1. The van der Waals surface area contributed by atoms with Gasteiger partial charge in [0.25, 0.3) is 0 Å². The number of rotatable bonds is 7. The molecule has 0 spiro atoms. The molecular weight excluding hydrogens is 294 g/mol. The standard InChI is InChI=1S/C14H21NO3S2/c1-10-8-11(2)14(12(3)9-10)19-5-7-20(17,18)6-4-13(15)16/h8-9H,4-7H2,1-3H3,(H2,15,16). The Balaban J connectivity index is 2.59. The van der Waals surface area contributed by atoms with Gasteiger partial charge in [-0.2, -0.15) is 0 Å². The van der Waals surface area contributed by atoms with Gasteiger partial charge in [-0.15, -0.1) is 11.8 Å². The lowest BCUT2D eigenvalue weighted by Gasteiger charge is -2.10. The Morgan fingerprint density at radius 3 is 2.20 bits per heavy atom. The molecule has 1 amide bonds. The molecule has 0 aliphatic heterocycles. The van der Waals surface area contributed by atoms with Gasteiger partial charge in [0.05, 0.1) is 11.5 Å². The average Bonchev–Trinajstić information content (AvgIpc) is 2.30. The zero-order valence-electron chi connectivity index (χ0n) is 12.1. The highest BCUT2D eigenvalue weighted by Crippen LogP contribution is 2.27. The van der Waals surface area contributed by atoms with Gasteiger partial charge in [-0.25, -0.2) is 8.42 Å². The summed E-state index contributed by atoms with van der Waals surface area (Å²) in [7, 11) is -3.20. The van der Waals surface area contributed by atoms with E-state index < -0.39 is 15.7 Å². The van der Waals surface area contributed by atoms with Gasteiger partial charge in [-0.3, -0.25) is 4.79 Å². The van der Waals surface area contributed by atoms with Crippen molar-refractivity contribution in [1.29, 1.82) is 0 Å². The lowest BCUT2D eigenvalue weighted by molar-refractivity contribution is -0.117. The van der Waals surface area contributed by atoms with Crippen LogP contribution in [0.25, 0.3) is 0 Å². The van der Waals surface area contributed by atoms with Crippen LogP contribution in [0.5, 0.6) is 0 Å². The number of carbonyl (C=O) groups is 1. The highest BCUT2D eigenvalue weighted by atomic mass is 32.2. The fourth-order valence-corrected chi connectivity index (χ4v) is 4.87. The fraction of sp³-hybridized carbons (Fsp3) is 0.500. The number of primary amides is 1. The Labute approximate surface area is 125 Å². The number of benzene rings is 1. The molecule has 0 atom stereocenters. The summed E-state index contributed by atoms with van der Waals surface area (Å²) in [5, 5.41) is 0. The monoisotopic (exact) mass is 315 g/mol. The molecule has 0 saturated heterocycles. The predicted octanol–water partition coefficient (Wildman–Crippen LogP) is 1.99. The molecule has 20 heavy (non-hydrogen) atoms. The lowest BCUT2D eigenvalue weighted by Crippen LogP contribution is -2.19. The van der Waals surface area contributed by atoms with Crippen LogP contribution < -0.4 is 5.73 Å². The quantitative estimate of drug-likeness (QED) is 0.781. The second-order valence-corrected chi connectivity index (χ2v) is 8.35. The molecule has 0 aliphatic carbocycles.